The standard InChI is InChI=1S/C16H14BrNO2S/c1-21(19,20)18-15(12-5-3-2-4-6-12)10-8-13-7-9-14(17)11-16(13)18/h2-11,15H,1H3. The molecule has 0 N–H and O–H groups in total. The third-order valence-electron chi connectivity index (χ3n) is 3.44. The second-order valence-corrected chi connectivity index (χ2v) is 7.75. The van der Waals surface area contributed by atoms with Gasteiger partial charge in [0.25, 0.3) is 0 Å². The first-order chi connectivity index (χ1) is 9.97. The zero-order valence-corrected chi connectivity index (χ0v) is 13.8. The van der Waals surface area contributed by atoms with Gasteiger partial charge in [0, 0.05) is 4.47 Å². The van der Waals surface area contributed by atoms with Crippen molar-refractivity contribution in [2.24, 2.45) is 0 Å². The van der Waals surface area contributed by atoms with Gasteiger partial charge >= 0.3 is 0 Å². The number of nitrogens with zero attached hydrogens (tertiary/aromatic N) is 1. The molecule has 1 atom stereocenters. The molecule has 1 heterocycles. The molecule has 0 aliphatic carbocycles. The van der Waals surface area contributed by atoms with Crippen molar-refractivity contribution in [2.45, 2.75) is 6.04 Å². The first kappa shape index (κ1) is 14.4. The van der Waals surface area contributed by atoms with E-state index in [9.17, 15) is 8.42 Å². The van der Waals surface area contributed by atoms with Crippen LogP contribution >= 0.6 is 15.9 Å². The van der Waals surface area contributed by atoms with Crippen molar-refractivity contribution in [2.75, 3.05) is 10.6 Å². The van der Waals surface area contributed by atoms with Crippen molar-refractivity contribution in [3.63, 3.8) is 0 Å². The summed E-state index contributed by atoms with van der Waals surface area (Å²) in [5, 5.41) is 0. The van der Waals surface area contributed by atoms with Gasteiger partial charge < -0.3 is 0 Å². The molecule has 0 spiro atoms. The molecule has 1 aliphatic heterocycles. The largest absolute Gasteiger partial charge is 0.258 e. The summed E-state index contributed by atoms with van der Waals surface area (Å²) in [7, 11) is -3.39. The monoisotopic (exact) mass is 363 g/mol. The summed E-state index contributed by atoms with van der Waals surface area (Å²) in [6.45, 7) is 0. The smallest absolute Gasteiger partial charge is 0.233 e. The molecule has 0 amide bonds. The van der Waals surface area contributed by atoms with E-state index in [4.69, 9.17) is 0 Å². The highest BCUT2D eigenvalue weighted by atomic mass is 79.9. The van der Waals surface area contributed by atoms with Crippen molar-refractivity contribution in [1.82, 2.24) is 0 Å². The lowest BCUT2D eigenvalue weighted by molar-refractivity contribution is 0.592. The molecule has 0 saturated carbocycles. The minimum Gasteiger partial charge on any atom is -0.258 e. The molecule has 5 heteroatoms. The number of hydrogen-bond donors (Lipinski definition) is 0. The molecule has 21 heavy (non-hydrogen) atoms. The zero-order chi connectivity index (χ0) is 15.0. The normalized spacial score (nSPS) is 17.6. The molecule has 0 aromatic heterocycles. The Morgan fingerprint density at radius 2 is 1.81 bits per heavy atom. The Kier molecular flexibility index (Phi) is 3.63. The number of hydrogen-bond acceptors (Lipinski definition) is 2. The van der Waals surface area contributed by atoms with E-state index in [0.29, 0.717) is 5.69 Å². The minimum absolute atomic E-state index is 0.317. The van der Waals surface area contributed by atoms with Gasteiger partial charge in [0.15, 0.2) is 0 Å². The van der Waals surface area contributed by atoms with Crippen LogP contribution in [-0.2, 0) is 10.0 Å². The quantitative estimate of drug-likeness (QED) is 0.808. The highest BCUT2D eigenvalue weighted by Crippen LogP contribution is 2.39. The van der Waals surface area contributed by atoms with Crippen molar-refractivity contribution >= 4 is 37.7 Å². The van der Waals surface area contributed by atoms with E-state index in [1.54, 1.807) is 0 Å². The number of rotatable bonds is 2. The predicted octanol–water partition coefficient (Wildman–Crippen LogP) is 3.98. The topological polar surface area (TPSA) is 37.4 Å². The van der Waals surface area contributed by atoms with Crippen LogP contribution in [0.3, 0.4) is 0 Å². The molecule has 2 aromatic rings. The lowest BCUT2D eigenvalue weighted by Crippen LogP contribution is -2.35. The van der Waals surface area contributed by atoms with Crippen molar-refractivity contribution in [3.8, 4) is 0 Å². The molecule has 108 valence electrons. The molecule has 2 aromatic carbocycles. The molecule has 1 unspecified atom stereocenters. The summed E-state index contributed by atoms with van der Waals surface area (Å²) >= 11 is 3.42. The maximum atomic E-state index is 12.3. The molecule has 0 saturated heterocycles. The second-order valence-electron chi connectivity index (χ2n) is 4.98. The van der Waals surface area contributed by atoms with Gasteiger partial charge in [-0.15, -0.1) is 0 Å². The summed E-state index contributed by atoms with van der Waals surface area (Å²) in [4.78, 5) is 0. The summed E-state index contributed by atoms with van der Waals surface area (Å²) in [5.41, 5.74) is 2.55. The third kappa shape index (κ3) is 2.76. The number of sulfonamides is 1. The van der Waals surface area contributed by atoms with Gasteiger partial charge in [-0.3, -0.25) is 4.31 Å². The Balaban J connectivity index is 2.20. The lowest BCUT2D eigenvalue weighted by atomic mass is 10.00. The van der Waals surface area contributed by atoms with Crippen LogP contribution in [-0.4, -0.2) is 14.7 Å². The molecular formula is C16H14BrNO2S. The molecule has 0 radical (unpaired) electrons. The van der Waals surface area contributed by atoms with Crippen LogP contribution in [0.1, 0.15) is 17.2 Å². The van der Waals surface area contributed by atoms with Gasteiger partial charge in [-0.2, -0.15) is 0 Å². The highest BCUT2D eigenvalue weighted by molar-refractivity contribution is 9.10. The fourth-order valence-corrected chi connectivity index (χ4v) is 4.02. The fraction of sp³-hybridized carbons (Fsp3) is 0.125. The molecule has 3 nitrogen and oxygen atoms in total. The van der Waals surface area contributed by atoms with Crippen LogP contribution in [0.4, 0.5) is 5.69 Å². The average molecular weight is 364 g/mol. The highest BCUT2D eigenvalue weighted by Gasteiger charge is 2.30. The average Bonchev–Trinajstić information content (AvgIpc) is 2.45. The van der Waals surface area contributed by atoms with E-state index in [1.165, 1.54) is 10.6 Å². The second kappa shape index (κ2) is 5.31. The first-order valence-corrected chi connectivity index (χ1v) is 9.13. The van der Waals surface area contributed by atoms with Crippen molar-refractivity contribution in [3.05, 3.63) is 70.2 Å². The van der Waals surface area contributed by atoms with E-state index in [2.05, 4.69) is 15.9 Å². The number of fused-ring (bicyclic) bond motifs is 1. The Labute approximate surface area is 133 Å². The Hall–Kier alpha value is -1.59. The van der Waals surface area contributed by atoms with Crippen LogP contribution in [0.15, 0.2) is 59.1 Å². The van der Waals surface area contributed by atoms with Gasteiger partial charge in [0.1, 0.15) is 0 Å². The Morgan fingerprint density at radius 3 is 2.48 bits per heavy atom. The maximum Gasteiger partial charge on any atom is 0.233 e. The van der Waals surface area contributed by atoms with Gasteiger partial charge in [0.05, 0.1) is 18.0 Å². The van der Waals surface area contributed by atoms with E-state index in [-0.39, 0.29) is 6.04 Å². The van der Waals surface area contributed by atoms with E-state index < -0.39 is 10.0 Å². The van der Waals surface area contributed by atoms with Crippen LogP contribution in [0.25, 0.3) is 6.08 Å². The summed E-state index contributed by atoms with van der Waals surface area (Å²) in [6.07, 6.45) is 5.14. The summed E-state index contributed by atoms with van der Waals surface area (Å²) in [5.74, 6) is 0. The molecule has 0 fully saturated rings. The van der Waals surface area contributed by atoms with Crippen LogP contribution in [0, 0.1) is 0 Å². The van der Waals surface area contributed by atoms with Crippen molar-refractivity contribution < 1.29 is 8.42 Å². The minimum atomic E-state index is -3.39. The maximum absolute atomic E-state index is 12.3. The molecular weight excluding hydrogens is 350 g/mol. The molecule has 0 bridgehead atoms. The number of anilines is 1. The Bertz CT molecular complexity index is 800. The summed E-state index contributed by atoms with van der Waals surface area (Å²) in [6, 6.07) is 15.0. The first-order valence-electron chi connectivity index (χ1n) is 6.49. The predicted molar refractivity (Wildman–Crippen MR) is 89.7 cm³/mol. The van der Waals surface area contributed by atoms with Gasteiger partial charge in [-0.1, -0.05) is 64.5 Å². The van der Waals surface area contributed by atoms with Crippen molar-refractivity contribution in [1.29, 1.82) is 0 Å². The number of benzene rings is 2. The Morgan fingerprint density at radius 1 is 1.10 bits per heavy atom. The van der Waals surface area contributed by atoms with Crippen LogP contribution in [0.5, 0.6) is 0 Å². The number of halogens is 1. The van der Waals surface area contributed by atoms with E-state index >= 15 is 0 Å². The van der Waals surface area contributed by atoms with Gasteiger partial charge in [-0.05, 0) is 23.3 Å². The van der Waals surface area contributed by atoms with E-state index in [1.807, 2.05) is 60.7 Å². The molecule has 1 aliphatic rings. The summed E-state index contributed by atoms with van der Waals surface area (Å²) < 4.78 is 27.0. The van der Waals surface area contributed by atoms with Crippen LogP contribution < -0.4 is 4.31 Å². The fourth-order valence-electron chi connectivity index (χ4n) is 2.55. The van der Waals surface area contributed by atoms with Crippen LogP contribution in [0.2, 0.25) is 0 Å². The van der Waals surface area contributed by atoms with E-state index in [0.717, 1.165) is 15.6 Å². The van der Waals surface area contributed by atoms with Gasteiger partial charge in [-0.25, -0.2) is 8.42 Å². The SMILES string of the molecule is CS(=O)(=O)N1c2cc(Br)ccc2C=CC1c1ccccc1. The third-order valence-corrected chi connectivity index (χ3v) is 5.07. The van der Waals surface area contributed by atoms with Gasteiger partial charge in [0.2, 0.25) is 10.0 Å². The molecule has 3 rings (SSSR count). The lowest BCUT2D eigenvalue weighted by Gasteiger charge is -2.34. The zero-order valence-electron chi connectivity index (χ0n) is 11.4.